The number of hydroxylamine groups is 2. The third-order valence-corrected chi connectivity index (χ3v) is 6.14. The van der Waals surface area contributed by atoms with E-state index in [4.69, 9.17) is 9.57 Å². The number of aliphatic imine (C=N–C) groups is 1. The standard InChI is InChI=1S/C24H31N5O3S/c1-19(2)32-29-18-28(23(30)20-6-4-3-5-7-20)26-24(29)25-21-8-10-22(11-9-21)31-15-12-27-13-16-33-17-14-27/h3-11,19H,12-18H2,1-2H3,(H,25,26). The van der Waals surface area contributed by atoms with Crippen LogP contribution in [0.15, 0.2) is 59.6 Å². The number of carbonyl (C=O) groups excluding carboxylic acids is 1. The highest BCUT2D eigenvalue weighted by Crippen LogP contribution is 2.20. The van der Waals surface area contributed by atoms with E-state index in [1.54, 1.807) is 17.2 Å². The molecule has 2 aromatic rings. The van der Waals surface area contributed by atoms with E-state index in [2.05, 4.69) is 15.3 Å². The molecule has 1 N–H and O–H groups in total. The van der Waals surface area contributed by atoms with E-state index < -0.39 is 0 Å². The minimum Gasteiger partial charge on any atom is -0.492 e. The van der Waals surface area contributed by atoms with Gasteiger partial charge in [-0.15, -0.1) is 0 Å². The smallest absolute Gasteiger partial charge is 0.274 e. The predicted molar refractivity (Wildman–Crippen MR) is 131 cm³/mol. The van der Waals surface area contributed by atoms with Gasteiger partial charge in [-0.05, 0) is 50.2 Å². The van der Waals surface area contributed by atoms with Gasteiger partial charge in [0.1, 0.15) is 19.0 Å². The quantitative estimate of drug-likeness (QED) is 0.636. The number of carbonyl (C=O) groups is 1. The fourth-order valence-corrected chi connectivity index (χ4v) is 4.51. The number of nitrogens with one attached hydrogen (secondary N) is 1. The molecule has 0 unspecified atom stereocenters. The number of hydrazine groups is 1. The van der Waals surface area contributed by atoms with Gasteiger partial charge in [0.2, 0.25) is 5.96 Å². The van der Waals surface area contributed by atoms with Gasteiger partial charge in [-0.1, -0.05) is 18.2 Å². The maximum Gasteiger partial charge on any atom is 0.274 e. The van der Waals surface area contributed by atoms with Crippen molar-refractivity contribution in [2.24, 2.45) is 4.99 Å². The van der Waals surface area contributed by atoms with Gasteiger partial charge in [-0.2, -0.15) is 16.8 Å². The highest BCUT2D eigenvalue weighted by molar-refractivity contribution is 7.99. The van der Waals surface area contributed by atoms with Crippen LogP contribution in [0.2, 0.25) is 0 Å². The van der Waals surface area contributed by atoms with Crippen LogP contribution in [0.5, 0.6) is 5.75 Å². The molecule has 2 heterocycles. The van der Waals surface area contributed by atoms with E-state index in [-0.39, 0.29) is 18.7 Å². The van der Waals surface area contributed by atoms with E-state index >= 15 is 0 Å². The molecule has 1 amide bonds. The Kier molecular flexibility index (Phi) is 8.09. The Hall–Kier alpha value is -2.75. The molecule has 176 valence electrons. The molecule has 2 fully saturated rings. The minimum absolute atomic E-state index is 0.0574. The number of benzene rings is 2. The van der Waals surface area contributed by atoms with Crippen LogP contribution in [0.1, 0.15) is 24.2 Å². The van der Waals surface area contributed by atoms with Crippen LogP contribution in [-0.4, -0.2) is 77.4 Å². The summed E-state index contributed by atoms with van der Waals surface area (Å²) in [6, 6.07) is 16.8. The summed E-state index contributed by atoms with van der Waals surface area (Å²) in [4.78, 5) is 25.8. The highest BCUT2D eigenvalue weighted by atomic mass is 32.2. The zero-order valence-corrected chi connectivity index (χ0v) is 20.0. The van der Waals surface area contributed by atoms with Crippen molar-refractivity contribution in [1.82, 2.24) is 20.4 Å². The summed E-state index contributed by atoms with van der Waals surface area (Å²) in [5.41, 5.74) is 4.41. The van der Waals surface area contributed by atoms with E-state index in [0.717, 1.165) is 31.1 Å². The summed E-state index contributed by atoms with van der Waals surface area (Å²) in [5, 5.41) is 3.10. The van der Waals surface area contributed by atoms with Gasteiger partial charge in [0, 0.05) is 36.7 Å². The number of hydrogen-bond acceptors (Lipinski definition) is 6. The number of amides is 1. The molecule has 0 radical (unpaired) electrons. The number of guanidine groups is 1. The topological polar surface area (TPSA) is 69.6 Å². The predicted octanol–water partition coefficient (Wildman–Crippen LogP) is 3.36. The first-order chi connectivity index (χ1) is 16.1. The van der Waals surface area contributed by atoms with Crippen molar-refractivity contribution < 1.29 is 14.4 Å². The monoisotopic (exact) mass is 469 g/mol. The van der Waals surface area contributed by atoms with E-state index in [0.29, 0.717) is 18.1 Å². The SMILES string of the molecule is CC(C)ON1CN(C(=O)c2ccccc2)NC1=Nc1ccc(OCCN2CCSCC2)cc1. The fraction of sp³-hybridized carbons (Fsp3) is 0.417. The minimum atomic E-state index is -0.144. The second-order valence-corrected chi connectivity index (χ2v) is 9.34. The molecule has 2 aromatic carbocycles. The molecule has 0 aromatic heterocycles. The Morgan fingerprint density at radius 3 is 2.52 bits per heavy atom. The average Bonchev–Trinajstić information content (AvgIpc) is 3.22. The third kappa shape index (κ3) is 6.63. The molecular weight excluding hydrogens is 438 g/mol. The normalized spacial score (nSPS) is 18.1. The van der Waals surface area contributed by atoms with Crippen molar-refractivity contribution >= 4 is 29.3 Å². The first kappa shape index (κ1) is 23.4. The average molecular weight is 470 g/mol. The summed E-state index contributed by atoms with van der Waals surface area (Å²) in [6.07, 6.45) is -0.0574. The summed E-state index contributed by atoms with van der Waals surface area (Å²) in [6.45, 7) is 8.00. The second kappa shape index (κ2) is 11.4. The molecule has 8 nitrogen and oxygen atoms in total. The van der Waals surface area contributed by atoms with Gasteiger partial charge in [0.15, 0.2) is 0 Å². The van der Waals surface area contributed by atoms with Crippen molar-refractivity contribution in [1.29, 1.82) is 0 Å². The van der Waals surface area contributed by atoms with Crippen molar-refractivity contribution in [2.75, 3.05) is 44.4 Å². The zero-order chi connectivity index (χ0) is 23.0. The molecule has 0 aliphatic carbocycles. The van der Waals surface area contributed by atoms with Crippen LogP contribution < -0.4 is 10.2 Å². The molecule has 33 heavy (non-hydrogen) atoms. The van der Waals surface area contributed by atoms with Crippen molar-refractivity contribution in [3.05, 3.63) is 60.2 Å². The van der Waals surface area contributed by atoms with Gasteiger partial charge >= 0.3 is 0 Å². The van der Waals surface area contributed by atoms with Crippen molar-refractivity contribution in [2.45, 2.75) is 20.0 Å². The van der Waals surface area contributed by atoms with Crippen LogP contribution >= 0.6 is 11.8 Å². The van der Waals surface area contributed by atoms with E-state index in [9.17, 15) is 4.79 Å². The Morgan fingerprint density at radius 1 is 1.09 bits per heavy atom. The Balaban J connectivity index is 1.38. The van der Waals surface area contributed by atoms with Crippen LogP contribution in [0.25, 0.3) is 0 Å². The number of ether oxygens (including phenoxy) is 1. The molecule has 2 aliphatic rings. The lowest BCUT2D eigenvalue weighted by atomic mass is 10.2. The molecule has 4 rings (SSSR count). The maximum absolute atomic E-state index is 12.8. The van der Waals surface area contributed by atoms with E-state index in [1.165, 1.54) is 16.5 Å². The van der Waals surface area contributed by atoms with Crippen LogP contribution in [0, 0.1) is 0 Å². The summed E-state index contributed by atoms with van der Waals surface area (Å²) < 4.78 is 5.90. The lowest BCUT2D eigenvalue weighted by Crippen LogP contribution is -2.38. The molecule has 9 heteroatoms. The number of nitrogens with zero attached hydrogens (tertiary/aromatic N) is 4. The highest BCUT2D eigenvalue weighted by Gasteiger charge is 2.31. The summed E-state index contributed by atoms with van der Waals surface area (Å²) >= 11 is 2.01. The largest absolute Gasteiger partial charge is 0.492 e. The molecule has 2 saturated heterocycles. The van der Waals surface area contributed by atoms with Crippen LogP contribution in [0.3, 0.4) is 0 Å². The Labute approximate surface area is 199 Å². The second-order valence-electron chi connectivity index (χ2n) is 8.12. The fourth-order valence-electron chi connectivity index (χ4n) is 3.53. The summed E-state index contributed by atoms with van der Waals surface area (Å²) in [5.74, 6) is 3.55. The Bertz CT molecular complexity index is 933. The van der Waals surface area contributed by atoms with Gasteiger partial charge in [-0.3, -0.25) is 20.0 Å². The lowest BCUT2D eigenvalue weighted by Gasteiger charge is -2.25. The van der Waals surface area contributed by atoms with Crippen LogP contribution in [0.4, 0.5) is 5.69 Å². The number of thioether (sulfide) groups is 1. The molecule has 0 spiro atoms. The van der Waals surface area contributed by atoms with Gasteiger partial charge < -0.3 is 4.74 Å². The molecular formula is C24H31N5O3S. The lowest BCUT2D eigenvalue weighted by molar-refractivity contribution is -0.136. The molecule has 0 saturated carbocycles. The maximum atomic E-state index is 12.8. The molecule has 2 aliphatic heterocycles. The summed E-state index contributed by atoms with van der Waals surface area (Å²) in [7, 11) is 0. The van der Waals surface area contributed by atoms with Crippen LogP contribution in [-0.2, 0) is 4.84 Å². The van der Waals surface area contributed by atoms with E-state index in [1.807, 2.05) is 68.1 Å². The van der Waals surface area contributed by atoms with Gasteiger partial charge in [-0.25, -0.2) is 10.0 Å². The number of hydrogen-bond donors (Lipinski definition) is 1. The number of rotatable bonds is 8. The zero-order valence-electron chi connectivity index (χ0n) is 19.1. The first-order valence-corrected chi connectivity index (χ1v) is 12.4. The van der Waals surface area contributed by atoms with Gasteiger partial charge in [0.25, 0.3) is 5.91 Å². The van der Waals surface area contributed by atoms with Crippen molar-refractivity contribution in [3.8, 4) is 5.75 Å². The first-order valence-electron chi connectivity index (χ1n) is 11.3. The van der Waals surface area contributed by atoms with Gasteiger partial charge in [0.05, 0.1) is 11.8 Å². The Morgan fingerprint density at radius 2 is 1.82 bits per heavy atom. The van der Waals surface area contributed by atoms with Crippen molar-refractivity contribution in [3.63, 3.8) is 0 Å². The third-order valence-electron chi connectivity index (χ3n) is 5.20. The molecule has 0 bridgehead atoms. The molecule has 0 atom stereocenters.